The van der Waals surface area contributed by atoms with Crippen LogP contribution in [0, 0.1) is 18.8 Å². The van der Waals surface area contributed by atoms with Gasteiger partial charge in [0.15, 0.2) is 0 Å². The molecular formula is C21H34N2O3. The number of amides is 1. The number of piperidine rings is 1. The lowest BCUT2D eigenvalue weighted by Crippen LogP contribution is -2.33. The Morgan fingerprint density at radius 2 is 2.08 bits per heavy atom. The number of carbonyl (C=O) groups is 1. The van der Waals surface area contributed by atoms with E-state index in [2.05, 4.69) is 23.6 Å². The van der Waals surface area contributed by atoms with Crippen LogP contribution in [-0.2, 0) is 16.1 Å². The molecule has 0 saturated carbocycles. The van der Waals surface area contributed by atoms with Crippen molar-refractivity contribution in [3.05, 3.63) is 29.3 Å². The zero-order valence-electron chi connectivity index (χ0n) is 16.5. The monoisotopic (exact) mass is 362 g/mol. The molecule has 1 unspecified atom stereocenters. The molecule has 26 heavy (non-hydrogen) atoms. The minimum Gasteiger partial charge on any atom is -0.491 e. The van der Waals surface area contributed by atoms with Crippen LogP contribution in [0.5, 0.6) is 5.75 Å². The minimum atomic E-state index is 0.122. The van der Waals surface area contributed by atoms with Crippen LogP contribution in [0.25, 0.3) is 0 Å². The van der Waals surface area contributed by atoms with E-state index in [1.807, 2.05) is 26.0 Å². The largest absolute Gasteiger partial charge is 0.491 e. The van der Waals surface area contributed by atoms with E-state index in [0.29, 0.717) is 44.6 Å². The standard InChI is InChI=1S/C21H34N2O3/c1-4-25-11-12-26-20-13-16(2)5-6-19(20)15-23-21(24)14-17(3)18-7-9-22-10-8-18/h5-6,13,17-18,22H,4,7-12,14-15H2,1-3H3,(H,23,24). The number of hydrogen-bond acceptors (Lipinski definition) is 4. The maximum absolute atomic E-state index is 12.4. The van der Waals surface area contributed by atoms with E-state index >= 15 is 0 Å². The Bertz CT molecular complexity index is 556. The molecule has 0 aliphatic carbocycles. The molecule has 1 aromatic carbocycles. The van der Waals surface area contributed by atoms with Crippen molar-refractivity contribution in [1.82, 2.24) is 10.6 Å². The molecule has 1 aliphatic rings. The van der Waals surface area contributed by atoms with E-state index in [4.69, 9.17) is 9.47 Å². The van der Waals surface area contributed by atoms with Gasteiger partial charge >= 0.3 is 0 Å². The van der Waals surface area contributed by atoms with Crippen LogP contribution in [0.1, 0.15) is 44.2 Å². The van der Waals surface area contributed by atoms with Crippen molar-refractivity contribution in [3.63, 3.8) is 0 Å². The van der Waals surface area contributed by atoms with Crippen LogP contribution >= 0.6 is 0 Å². The molecule has 5 nitrogen and oxygen atoms in total. The highest BCUT2D eigenvalue weighted by molar-refractivity contribution is 5.76. The third-order valence-corrected chi connectivity index (χ3v) is 5.08. The third kappa shape index (κ3) is 6.96. The average Bonchev–Trinajstić information content (AvgIpc) is 2.65. The number of rotatable bonds is 10. The molecule has 1 aromatic rings. The van der Waals surface area contributed by atoms with Crippen molar-refractivity contribution >= 4 is 5.91 Å². The predicted molar refractivity (Wildman–Crippen MR) is 104 cm³/mol. The minimum absolute atomic E-state index is 0.122. The summed E-state index contributed by atoms with van der Waals surface area (Å²) in [5.74, 6) is 2.03. The molecule has 1 saturated heterocycles. The first-order chi connectivity index (χ1) is 12.6. The topological polar surface area (TPSA) is 59.6 Å². The zero-order chi connectivity index (χ0) is 18.8. The average molecular weight is 363 g/mol. The quantitative estimate of drug-likeness (QED) is 0.628. The first-order valence-electron chi connectivity index (χ1n) is 9.87. The Labute approximate surface area is 157 Å². The first kappa shape index (κ1) is 20.7. The van der Waals surface area contributed by atoms with Gasteiger partial charge in [0, 0.05) is 25.1 Å². The summed E-state index contributed by atoms with van der Waals surface area (Å²) in [6.07, 6.45) is 2.94. The normalized spacial score (nSPS) is 16.3. The van der Waals surface area contributed by atoms with Crippen molar-refractivity contribution in [2.75, 3.05) is 32.9 Å². The number of carbonyl (C=O) groups excluding carboxylic acids is 1. The van der Waals surface area contributed by atoms with E-state index in [-0.39, 0.29) is 5.91 Å². The summed E-state index contributed by atoms with van der Waals surface area (Å²) < 4.78 is 11.2. The first-order valence-corrected chi connectivity index (χ1v) is 9.87. The molecule has 1 fully saturated rings. The maximum atomic E-state index is 12.4. The maximum Gasteiger partial charge on any atom is 0.220 e. The number of hydrogen-bond donors (Lipinski definition) is 2. The Morgan fingerprint density at radius 1 is 1.31 bits per heavy atom. The van der Waals surface area contributed by atoms with Crippen molar-refractivity contribution in [1.29, 1.82) is 0 Å². The highest BCUT2D eigenvalue weighted by Crippen LogP contribution is 2.24. The Balaban J connectivity index is 1.82. The van der Waals surface area contributed by atoms with Gasteiger partial charge in [0.05, 0.1) is 6.61 Å². The van der Waals surface area contributed by atoms with Crippen LogP contribution in [0.4, 0.5) is 0 Å². The summed E-state index contributed by atoms with van der Waals surface area (Å²) in [4.78, 5) is 12.4. The van der Waals surface area contributed by atoms with Gasteiger partial charge in [-0.05, 0) is 63.2 Å². The smallest absolute Gasteiger partial charge is 0.220 e. The summed E-state index contributed by atoms with van der Waals surface area (Å²) >= 11 is 0. The Hall–Kier alpha value is -1.59. The van der Waals surface area contributed by atoms with E-state index < -0.39 is 0 Å². The molecular weight excluding hydrogens is 328 g/mol. The summed E-state index contributed by atoms with van der Waals surface area (Å²) in [6.45, 7) is 10.6. The lowest BCUT2D eigenvalue weighted by Gasteiger charge is -2.27. The van der Waals surface area contributed by atoms with Crippen LogP contribution in [0.15, 0.2) is 18.2 Å². The third-order valence-electron chi connectivity index (χ3n) is 5.08. The van der Waals surface area contributed by atoms with Gasteiger partial charge in [0.1, 0.15) is 12.4 Å². The zero-order valence-corrected chi connectivity index (χ0v) is 16.5. The van der Waals surface area contributed by atoms with Crippen molar-refractivity contribution in [2.45, 2.75) is 46.6 Å². The fraction of sp³-hybridized carbons (Fsp3) is 0.667. The van der Waals surface area contributed by atoms with E-state index in [1.165, 1.54) is 12.8 Å². The van der Waals surface area contributed by atoms with Crippen LogP contribution in [0.2, 0.25) is 0 Å². The van der Waals surface area contributed by atoms with Crippen LogP contribution < -0.4 is 15.4 Å². The Morgan fingerprint density at radius 3 is 2.81 bits per heavy atom. The molecule has 5 heteroatoms. The van der Waals surface area contributed by atoms with E-state index in [0.717, 1.165) is 30.0 Å². The van der Waals surface area contributed by atoms with Crippen molar-refractivity contribution in [2.24, 2.45) is 11.8 Å². The Kier molecular flexibility index (Phi) is 8.92. The van der Waals surface area contributed by atoms with Gasteiger partial charge in [-0.15, -0.1) is 0 Å². The van der Waals surface area contributed by atoms with Gasteiger partial charge in [-0.3, -0.25) is 4.79 Å². The number of ether oxygens (including phenoxy) is 2. The summed E-state index contributed by atoms with van der Waals surface area (Å²) in [7, 11) is 0. The number of benzene rings is 1. The van der Waals surface area contributed by atoms with E-state index in [1.54, 1.807) is 0 Å². The van der Waals surface area contributed by atoms with Gasteiger partial charge < -0.3 is 20.1 Å². The number of aryl methyl sites for hydroxylation is 1. The fourth-order valence-electron chi connectivity index (χ4n) is 3.44. The van der Waals surface area contributed by atoms with Gasteiger partial charge in [-0.2, -0.15) is 0 Å². The number of nitrogens with one attached hydrogen (secondary N) is 2. The fourth-order valence-corrected chi connectivity index (χ4v) is 3.44. The molecule has 146 valence electrons. The van der Waals surface area contributed by atoms with Crippen LogP contribution in [0.3, 0.4) is 0 Å². The molecule has 2 rings (SSSR count). The molecule has 0 radical (unpaired) electrons. The second-order valence-corrected chi connectivity index (χ2v) is 7.20. The van der Waals surface area contributed by atoms with Gasteiger partial charge in [-0.1, -0.05) is 19.1 Å². The highest BCUT2D eigenvalue weighted by Gasteiger charge is 2.22. The SMILES string of the molecule is CCOCCOc1cc(C)ccc1CNC(=O)CC(C)C1CCNCC1. The summed E-state index contributed by atoms with van der Waals surface area (Å²) in [6, 6.07) is 6.10. The van der Waals surface area contributed by atoms with Gasteiger partial charge in [0.2, 0.25) is 5.91 Å². The van der Waals surface area contributed by atoms with Crippen molar-refractivity contribution in [3.8, 4) is 5.75 Å². The lowest BCUT2D eigenvalue weighted by atomic mass is 9.84. The predicted octanol–water partition coefficient (Wildman–Crippen LogP) is 3.05. The molecule has 0 spiro atoms. The van der Waals surface area contributed by atoms with E-state index in [9.17, 15) is 4.79 Å². The summed E-state index contributed by atoms with van der Waals surface area (Å²) in [5.41, 5.74) is 2.15. The van der Waals surface area contributed by atoms with Gasteiger partial charge in [0.25, 0.3) is 0 Å². The highest BCUT2D eigenvalue weighted by atomic mass is 16.5. The second-order valence-electron chi connectivity index (χ2n) is 7.20. The van der Waals surface area contributed by atoms with Crippen LogP contribution in [-0.4, -0.2) is 38.8 Å². The molecule has 1 atom stereocenters. The molecule has 2 N–H and O–H groups in total. The second kappa shape index (κ2) is 11.2. The molecule has 1 amide bonds. The molecule has 0 bridgehead atoms. The molecule has 1 aliphatic heterocycles. The lowest BCUT2D eigenvalue weighted by molar-refractivity contribution is -0.122. The van der Waals surface area contributed by atoms with Gasteiger partial charge in [-0.25, -0.2) is 0 Å². The molecule has 1 heterocycles. The molecule has 0 aromatic heterocycles. The van der Waals surface area contributed by atoms with Crippen molar-refractivity contribution < 1.29 is 14.3 Å². The summed E-state index contributed by atoms with van der Waals surface area (Å²) in [5, 5.41) is 6.45.